The molecule has 16 heavy (non-hydrogen) atoms. The van der Waals surface area contributed by atoms with E-state index in [2.05, 4.69) is 25.7 Å². The monoisotopic (exact) mass is 248 g/mol. The summed E-state index contributed by atoms with van der Waals surface area (Å²) in [4.78, 5) is 2.59. The Kier molecular flexibility index (Phi) is 7.62. The molecule has 1 aliphatic rings. The molecule has 1 rings (SSSR count). The average Bonchev–Trinajstić information content (AvgIpc) is 2.26. The van der Waals surface area contributed by atoms with Crippen LogP contribution >= 0.6 is 12.4 Å². The molecule has 0 radical (unpaired) electrons. The molecule has 0 aromatic rings. The van der Waals surface area contributed by atoms with Crippen molar-refractivity contribution in [1.29, 1.82) is 0 Å². The van der Waals surface area contributed by atoms with Gasteiger partial charge in [-0.25, -0.2) is 0 Å². The Bertz CT molecular complexity index is 173. The molecule has 0 bridgehead atoms. The van der Waals surface area contributed by atoms with Crippen LogP contribution in [0, 0.1) is 5.41 Å². The molecule has 1 saturated heterocycles. The first-order chi connectivity index (χ1) is 7.15. The van der Waals surface area contributed by atoms with E-state index in [1.807, 2.05) is 0 Å². The molecule has 2 N–H and O–H groups in total. The molecule has 1 heterocycles. The normalized spacial score (nSPS) is 22.9. The van der Waals surface area contributed by atoms with Crippen molar-refractivity contribution in [3.63, 3.8) is 0 Å². The lowest BCUT2D eigenvalue weighted by Gasteiger charge is -2.39. The van der Waals surface area contributed by atoms with Crippen LogP contribution in [0.15, 0.2) is 0 Å². The predicted octanol–water partition coefficient (Wildman–Crippen LogP) is 3.05. The van der Waals surface area contributed by atoms with Crippen molar-refractivity contribution in [2.75, 3.05) is 19.6 Å². The largest absolute Gasteiger partial charge is 0.327 e. The van der Waals surface area contributed by atoms with Gasteiger partial charge in [0.2, 0.25) is 0 Å². The summed E-state index contributed by atoms with van der Waals surface area (Å²) in [5.74, 6) is 0. The maximum atomic E-state index is 6.03. The third-order valence-corrected chi connectivity index (χ3v) is 4.35. The molecule has 0 amide bonds. The number of likely N-dealkylation sites (tertiary alicyclic amines) is 1. The maximum Gasteiger partial charge on any atom is 0.0168 e. The van der Waals surface area contributed by atoms with Gasteiger partial charge in [0.15, 0.2) is 0 Å². The van der Waals surface area contributed by atoms with E-state index in [1.165, 1.54) is 45.2 Å². The zero-order valence-electron chi connectivity index (χ0n) is 11.2. The summed E-state index contributed by atoms with van der Waals surface area (Å²) in [7, 11) is 0. The molecule has 0 aromatic carbocycles. The molecule has 1 atom stereocenters. The minimum Gasteiger partial charge on any atom is -0.327 e. The summed E-state index contributed by atoms with van der Waals surface area (Å²) in [6.45, 7) is 10.6. The second-order valence-electron chi connectivity index (χ2n) is 5.20. The van der Waals surface area contributed by atoms with Crippen molar-refractivity contribution >= 4 is 12.4 Å². The third kappa shape index (κ3) is 4.23. The fourth-order valence-electron chi connectivity index (χ4n) is 2.79. The summed E-state index contributed by atoms with van der Waals surface area (Å²) >= 11 is 0. The molecule has 0 aliphatic carbocycles. The summed E-state index contributed by atoms with van der Waals surface area (Å²) in [5.41, 5.74) is 6.57. The van der Waals surface area contributed by atoms with Crippen LogP contribution in [0.5, 0.6) is 0 Å². The van der Waals surface area contributed by atoms with Gasteiger partial charge in [-0.1, -0.05) is 20.8 Å². The molecule has 0 saturated carbocycles. The highest BCUT2D eigenvalue weighted by Gasteiger charge is 2.28. The van der Waals surface area contributed by atoms with Gasteiger partial charge in [0, 0.05) is 19.1 Å². The van der Waals surface area contributed by atoms with Crippen molar-refractivity contribution < 1.29 is 0 Å². The van der Waals surface area contributed by atoms with E-state index in [1.54, 1.807) is 0 Å². The number of nitrogens with zero attached hydrogens (tertiary/aromatic N) is 1. The number of rotatable bonds is 5. The topological polar surface area (TPSA) is 29.3 Å². The Morgan fingerprint density at radius 2 is 1.75 bits per heavy atom. The SMILES string of the molecule is CCC(CC)(CC)CN1CCCC(N)C1.Cl. The molecule has 2 nitrogen and oxygen atoms in total. The quantitative estimate of drug-likeness (QED) is 0.811. The summed E-state index contributed by atoms with van der Waals surface area (Å²) in [6.07, 6.45) is 6.39. The molecule has 1 unspecified atom stereocenters. The van der Waals surface area contributed by atoms with Gasteiger partial charge >= 0.3 is 0 Å². The first-order valence-corrected chi connectivity index (χ1v) is 6.63. The highest BCUT2D eigenvalue weighted by atomic mass is 35.5. The van der Waals surface area contributed by atoms with Crippen LogP contribution in [-0.2, 0) is 0 Å². The minimum atomic E-state index is 0. The van der Waals surface area contributed by atoms with E-state index < -0.39 is 0 Å². The van der Waals surface area contributed by atoms with E-state index in [0.717, 1.165) is 6.54 Å². The number of hydrogen-bond acceptors (Lipinski definition) is 2. The third-order valence-electron chi connectivity index (χ3n) is 4.35. The predicted molar refractivity (Wildman–Crippen MR) is 74.2 cm³/mol. The van der Waals surface area contributed by atoms with Crippen molar-refractivity contribution in [3.05, 3.63) is 0 Å². The molecule has 0 spiro atoms. The van der Waals surface area contributed by atoms with Crippen LogP contribution in [0.4, 0.5) is 0 Å². The van der Waals surface area contributed by atoms with Gasteiger partial charge < -0.3 is 10.6 Å². The Morgan fingerprint density at radius 1 is 1.19 bits per heavy atom. The minimum absolute atomic E-state index is 0. The van der Waals surface area contributed by atoms with Gasteiger partial charge in [0.25, 0.3) is 0 Å². The molecular weight excluding hydrogens is 220 g/mol. The fraction of sp³-hybridized carbons (Fsp3) is 1.00. The van der Waals surface area contributed by atoms with Crippen LogP contribution < -0.4 is 5.73 Å². The Balaban J connectivity index is 0.00000225. The van der Waals surface area contributed by atoms with Gasteiger partial charge in [0.1, 0.15) is 0 Å². The van der Waals surface area contributed by atoms with Gasteiger partial charge in [-0.15, -0.1) is 12.4 Å². The lowest BCUT2D eigenvalue weighted by atomic mass is 9.79. The summed E-state index contributed by atoms with van der Waals surface area (Å²) in [5, 5.41) is 0. The Labute approximate surface area is 107 Å². The smallest absolute Gasteiger partial charge is 0.0168 e. The zero-order valence-corrected chi connectivity index (χ0v) is 12.0. The van der Waals surface area contributed by atoms with E-state index in [0.29, 0.717) is 11.5 Å². The number of piperidine rings is 1. The second kappa shape index (κ2) is 7.52. The zero-order chi connectivity index (χ0) is 11.3. The van der Waals surface area contributed by atoms with Gasteiger partial charge in [-0.2, -0.15) is 0 Å². The van der Waals surface area contributed by atoms with E-state index in [4.69, 9.17) is 5.73 Å². The Morgan fingerprint density at radius 3 is 2.19 bits per heavy atom. The molecule has 98 valence electrons. The first-order valence-electron chi connectivity index (χ1n) is 6.63. The molecule has 1 aliphatic heterocycles. The molecule has 1 fully saturated rings. The fourth-order valence-corrected chi connectivity index (χ4v) is 2.79. The summed E-state index contributed by atoms with van der Waals surface area (Å²) < 4.78 is 0. The van der Waals surface area contributed by atoms with Crippen LogP contribution in [0.25, 0.3) is 0 Å². The van der Waals surface area contributed by atoms with E-state index in [-0.39, 0.29) is 12.4 Å². The van der Waals surface area contributed by atoms with Gasteiger partial charge in [-0.05, 0) is 44.1 Å². The van der Waals surface area contributed by atoms with Crippen molar-refractivity contribution in [2.24, 2.45) is 11.1 Å². The number of nitrogens with two attached hydrogens (primary N) is 1. The maximum absolute atomic E-state index is 6.03. The lowest BCUT2D eigenvalue weighted by Crippen LogP contribution is -2.47. The standard InChI is InChI=1S/C13H28N2.ClH/c1-4-13(5-2,6-3)11-15-9-7-8-12(14)10-15;/h12H,4-11,14H2,1-3H3;1H. The first kappa shape index (κ1) is 16.2. The number of halogens is 1. The van der Waals surface area contributed by atoms with Crippen molar-refractivity contribution in [2.45, 2.75) is 58.9 Å². The average molecular weight is 249 g/mol. The Hall–Kier alpha value is 0.210. The lowest BCUT2D eigenvalue weighted by molar-refractivity contribution is 0.108. The van der Waals surface area contributed by atoms with E-state index >= 15 is 0 Å². The van der Waals surface area contributed by atoms with Crippen LogP contribution in [0.1, 0.15) is 52.9 Å². The van der Waals surface area contributed by atoms with E-state index in [9.17, 15) is 0 Å². The van der Waals surface area contributed by atoms with Crippen LogP contribution in [0.2, 0.25) is 0 Å². The van der Waals surface area contributed by atoms with Gasteiger partial charge in [0.05, 0.1) is 0 Å². The molecule has 3 heteroatoms. The van der Waals surface area contributed by atoms with Crippen LogP contribution in [-0.4, -0.2) is 30.6 Å². The molecular formula is C13H29ClN2. The number of hydrogen-bond donors (Lipinski definition) is 1. The summed E-state index contributed by atoms with van der Waals surface area (Å²) in [6, 6.07) is 0.419. The van der Waals surface area contributed by atoms with Crippen molar-refractivity contribution in [3.8, 4) is 0 Å². The van der Waals surface area contributed by atoms with Gasteiger partial charge in [-0.3, -0.25) is 0 Å². The molecule has 0 aromatic heterocycles. The van der Waals surface area contributed by atoms with Crippen molar-refractivity contribution in [1.82, 2.24) is 4.90 Å². The second-order valence-corrected chi connectivity index (χ2v) is 5.20. The highest BCUT2D eigenvalue weighted by Crippen LogP contribution is 2.32. The van der Waals surface area contributed by atoms with Crippen LogP contribution in [0.3, 0.4) is 0 Å². The highest BCUT2D eigenvalue weighted by molar-refractivity contribution is 5.85.